The van der Waals surface area contributed by atoms with Gasteiger partial charge in [-0.2, -0.15) is 0 Å². The fraction of sp³-hybridized carbons (Fsp3) is 0.429. The predicted octanol–water partition coefficient (Wildman–Crippen LogP) is 2.71. The summed E-state index contributed by atoms with van der Waals surface area (Å²) in [5.74, 6) is -0.212. The van der Waals surface area contributed by atoms with Gasteiger partial charge in [0.1, 0.15) is 0 Å². The smallest absolute Gasteiger partial charge is 0.273 e. The largest absolute Gasteiger partial charge is 0.384 e. The molecule has 0 atom stereocenters. The Hall–Kier alpha value is -2.26. The molecule has 2 aromatic heterocycles. The van der Waals surface area contributed by atoms with E-state index < -0.39 is 0 Å². The van der Waals surface area contributed by atoms with Crippen LogP contribution in [0.2, 0.25) is 0 Å². The summed E-state index contributed by atoms with van der Waals surface area (Å²) in [7, 11) is 1.71. The van der Waals surface area contributed by atoms with Crippen molar-refractivity contribution in [2.45, 2.75) is 19.8 Å². The number of hydrogen-bond acceptors (Lipinski definition) is 6. The molecule has 3 heterocycles. The molecule has 0 radical (unpaired) electrons. The molecule has 168 valence electrons. The predicted molar refractivity (Wildman–Crippen MR) is 125 cm³/mol. The van der Waals surface area contributed by atoms with Gasteiger partial charge in [0.25, 0.3) is 5.91 Å². The second kappa shape index (κ2) is 10.9. The summed E-state index contributed by atoms with van der Waals surface area (Å²) in [6.07, 6.45) is 3.68. The highest BCUT2D eigenvalue weighted by molar-refractivity contribution is 5.93. The molecule has 4 rings (SSSR count). The molecule has 0 bridgehead atoms. The summed E-state index contributed by atoms with van der Waals surface area (Å²) in [5, 5.41) is 15.8. The number of benzene rings is 1. The Balaban J connectivity index is 0.00000171. The first-order valence-electron chi connectivity index (χ1n) is 9.88. The monoisotopic (exact) mass is 466 g/mol. The molecule has 10 heteroatoms. The Morgan fingerprint density at radius 2 is 1.97 bits per heavy atom. The molecule has 1 fully saturated rings. The molecule has 1 aromatic carbocycles. The number of carbonyl (C=O) groups excluding carboxylic acids is 1. The van der Waals surface area contributed by atoms with Gasteiger partial charge in [-0.3, -0.25) is 9.78 Å². The number of pyridine rings is 1. The first kappa shape index (κ1) is 25.0. The Kier molecular flexibility index (Phi) is 8.76. The van der Waals surface area contributed by atoms with Crippen molar-refractivity contribution < 1.29 is 9.53 Å². The summed E-state index contributed by atoms with van der Waals surface area (Å²) in [5.41, 5.74) is 2.61. The van der Waals surface area contributed by atoms with E-state index >= 15 is 0 Å². The van der Waals surface area contributed by atoms with E-state index in [0.717, 1.165) is 42.5 Å². The second-order valence-corrected chi connectivity index (χ2v) is 7.65. The molecule has 3 aromatic rings. The molecule has 2 N–H and O–H groups in total. The molecule has 1 aliphatic rings. The summed E-state index contributed by atoms with van der Waals surface area (Å²) in [6, 6.07) is 9.78. The van der Waals surface area contributed by atoms with Crippen molar-refractivity contribution in [1.82, 2.24) is 30.6 Å². The molecule has 1 amide bonds. The Morgan fingerprint density at radius 3 is 2.71 bits per heavy atom. The molecule has 0 aliphatic carbocycles. The van der Waals surface area contributed by atoms with Gasteiger partial charge in [-0.15, -0.1) is 29.9 Å². The number of rotatable bonds is 6. The highest BCUT2D eigenvalue weighted by Gasteiger charge is 2.33. The van der Waals surface area contributed by atoms with E-state index in [2.05, 4.69) is 25.9 Å². The van der Waals surface area contributed by atoms with Gasteiger partial charge in [0.05, 0.1) is 23.5 Å². The van der Waals surface area contributed by atoms with Crippen LogP contribution in [0.5, 0.6) is 0 Å². The molecular weight excluding hydrogens is 439 g/mol. The van der Waals surface area contributed by atoms with E-state index in [1.165, 1.54) is 0 Å². The number of methoxy groups -OCH3 is 1. The van der Waals surface area contributed by atoms with Crippen molar-refractivity contribution in [2.24, 2.45) is 5.41 Å². The normalized spacial score (nSPS) is 15.0. The van der Waals surface area contributed by atoms with Crippen molar-refractivity contribution in [3.05, 3.63) is 47.9 Å². The van der Waals surface area contributed by atoms with Crippen LogP contribution in [0.3, 0.4) is 0 Å². The van der Waals surface area contributed by atoms with Gasteiger partial charge >= 0.3 is 0 Å². The zero-order valence-electron chi connectivity index (χ0n) is 17.6. The lowest BCUT2D eigenvalue weighted by Crippen LogP contribution is -2.47. The third-order valence-electron chi connectivity index (χ3n) is 5.69. The van der Waals surface area contributed by atoms with Gasteiger partial charge < -0.3 is 15.4 Å². The average Bonchev–Trinajstić information content (AvgIpc) is 3.14. The number of ether oxygens (including phenoxy) is 1. The van der Waals surface area contributed by atoms with E-state index in [-0.39, 0.29) is 36.1 Å². The highest BCUT2D eigenvalue weighted by atomic mass is 35.5. The van der Waals surface area contributed by atoms with Crippen molar-refractivity contribution >= 4 is 41.6 Å². The highest BCUT2D eigenvalue weighted by Crippen LogP contribution is 2.28. The topological polar surface area (TPSA) is 94.0 Å². The molecule has 0 saturated carbocycles. The van der Waals surface area contributed by atoms with Crippen LogP contribution in [0.15, 0.2) is 36.5 Å². The van der Waals surface area contributed by atoms with Gasteiger partial charge in [-0.25, -0.2) is 4.68 Å². The van der Waals surface area contributed by atoms with E-state index in [4.69, 9.17) is 4.74 Å². The van der Waals surface area contributed by atoms with Crippen LogP contribution in [0.1, 0.15) is 29.0 Å². The van der Waals surface area contributed by atoms with E-state index in [1.807, 2.05) is 37.3 Å². The molecule has 1 saturated heterocycles. The SMILES string of the molecule is COCC1(CNC(=O)c2nnn(-c3cccc4cccnc34)c2C)CCNCC1.Cl.Cl. The number of fused-ring (bicyclic) bond motifs is 1. The van der Waals surface area contributed by atoms with Gasteiger partial charge in [-0.1, -0.05) is 23.4 Å². The molecule has 1 aliphatic heterocycles. The van der Waals surface area contributed by atoms with E-state index in [9.17, 15) is 4.79 Å². The number of nitrogens with zero attached hydrogens (tertiary/aromatic N) is 4. The van der Waals surface area contributed by atoms with E-state index in [0.29, 0.717) is 24.5 Å². The minimum absolute atomic E-state index is 0. The number of nitrogens with one attached hydrogen (secondary N) is 2. The molecule has 0 spiro atoms. The van der Waals surface area contributed by atoms with Crippen LogP contribution < -0.4 is 10.6 Å². The number of amides is 1. The minimum Gasteiger partial charge on any atom is -0.384 e. The summed E-state index contributed by atoms with van der Waals surface area (Å²) >= 11 is 0. The van der Waals surface area contributed by atoms with Gasteiger partial charge in [0, 0.05) is 30.7 Å². The maximum absolute atomic E-state index is 12.9. The summed E-state index contributed by atoms with van der Waals surface area (Å²) < 4.78 is 7.11. The number of carbonyl (C=O) groups is 1. The Labute approximate surface area is 194 Å². The number of para-hydroxylation sites is 1. The fourth-order valence-corrected chi connectivity index (χ4v) is 4.01. The minimum atomic E-state index is -0.212. The van der Waals surface area contributed by atoms with Crippen molar-refractivity contribution in [2.75, 3.05) is 33.4 Å². The third-order valence-corrected chi connectivity index (χ3v) is 5.69. The van der Waals surface area contributed by atoms with Crippen molar-refractivity contribution in [3.63, 3.8) is 0 Å². The van der Waals surface area contributed by atoms with Gasteiger partial charge in [0.15, 0.2) is 5.69 Å². The molecular formula is C21H28Cl2N6O2. The Morgan fingerprint density at radius 1 is 1.23 bits per heavy atom. The molecule has 0 unspecified atom stereocenters. The standard InChI is InChI=1S/C21H26N6O2.2ClH/c1-15-18(20(28)24-13-21(14-29-2)8-11-22-12-9-21)25-26-27(15)17-7-3-5-16-6-4-10-23-19(16)17;;/h3-7,10,22H,8-9,11-14H2,1-2H3,(H,24,28);2*1H. The lowest BCUT2D eigenvalue weighted by Gasteiger charge is -2.37. The number of piperidine rings is 1. The van der Waals surface area contributed by atoms with Crippen LogP contribution in [-0.4, -0.2) is 59.2 Å². The maximum atomic E-state index is 12.9. The lowest BCUT2D eigenvalue weighted by atomic mass is 9.79. The zero-order valence-corrected chi connectivity index (χ0v) is 19.3. The number of aromatic nitrogens is 4. The zero-order chi connectivity index (χ0) is 20.3. The average molecular weight is 467 g/mol. The van der Waals surface area contributed by atoms with Crippen LogP contribution in [0.4, 0.5) is 0 Å². The van der Waals surface area contributed by atoms with Crippen molar-refractivity contribution in [3.8, 4) is 5.69 Å². The molecule has 31 heavy (non-hydrogen) atoms. The summed E-state index contributed by atoms with van der Waals surface area (Å²) in [6.45, 7) is 4.91. The molecule has 8 nitrogen and oxygen atoms in total. The lowest BCUT2D eigenvalue weighted by molar-refractivity contribution is 0.0510. The number of hydrogen-bond donors (Lipinski definition) is 2. The first-order chi connectivity index (χ1) is 14.1. The fourth-order valence-electron chi connectivity index (χ4n) is 4.01. The van der Waals surface area contributed by atoms with E-state index in [1.54, 1.807) is 18.0 Å². The third kappa shape index (κ3) is 5.15. The summed E-state index contributed by atoms with van der Waals surface area (Å²) in [4.78, 5) is 17.3. The van der Waals surface area contributed by atoms with Gasteiger partial charge in [-0.05, 0) is 45.0 Å². The Bertz CT molecular complexity index is 1010. The maximum Gasteiger partial charge on any atom is 0.273 e. The number of halogens is 2. The van der Waals surface area contributed by atoms with Gasteiger partial charge in [0.2, 0.25) is 0 Å². The first-order valence-corrected chi connectivity index (χ1v) is 9.88. The second-order valence-electron chi connectivity index (χ2n) is 7.65. The van der Waals surface area contributed by atoms with Crippen LogP contribution in [0.25, 0.3) is 16.6 Å². The van der Waals surface area contributed by atoms with Crippen LogP contribution in [0, 0.1) is 12.3 Å². The van der Waals surface area contributed by atoms with Crippen LogP contribution in [-0.2, 0) is 4.74 Å². The van der Waals surface area contributed by atoms with Crippen LogP contribution >= 0.6 is 24.8 Å². The quantitative estimate of drug-likeness (QED) is 0.579. The van der Waals surface area contributed by atoms with Crippen molar-refractivity contribution in [1.29, 1.82) is 0 Å².